The van der Waals surface area contributed by atoms with E-state index in [9.17, 15) is 8.42 Å². The summed E-state index contributed by atoms with van der Waals surface area (Å²) in [6, 6.07) is 4.26. The lowest BCUT2D eigenvalue weighted by atomic mass is 9.75. The third-order valence-corrected chi connectivity index (χ3v) is 8.28. The molecule has 2 rings (SSSR count). The highest BCUT2D eigenvalue weighted by atomic mass is 35.5. The molecule has 20 heavy (non-hydrogen) atoms. The van der Waals surface area contributed by atoms with Gasteiger partial charge in [0, 0.05) is 26.9 Å². The van der Waals surface area contributed by atoms with E-state index in [1.54, 1.807) is 11.3 Å². The van der Waals surface area contributed by atoms with Crippen LogP contribution in [0.5, 0.6) is 0 Å². The molecule has 1 aromatic rings. The maximum absolute atomic E-state index is 11.7. The van der Waals surface area contributed by atoms with Crippen molar-refractivity contribution in [1.82, 2.24) is 0 Å². The summed E-state index contributed by atoms with van der Waals surface area (Å²) in [6.45, 7) is 2.13. The molecule has 1 atom stereocenters. The quantitative estimate of drug-likeness (QED) is 0.729. The van der Waals surface area contributed by atoms with Crippen molar-refractivity contribution in [2.24, 2.45) is 11.3 Å². The summed E-state index contributed by atoms with van der Waals surface area (Å²) < 4.78 is 23.5. The maximum atomic E-state index is 11.7. The molecule has 1 fully saturated rings. The molecule has 0 spiro atoms. The number of sulfone groups is 1. The average Bonchev–Trinajstić information content (AvgIpc) is 3.02. The minimum Gasteiger partial charge on any atom is -0.229 e. The van der Waals surface area contributed by atoms with Crippen molar-refractivity contribution in [3.8, 4) is 0 Å². The average molecular weight is 355 g/mol. The Kier molecular flexibility index (Phi) is 5.44. The van der Waals surface area contributed by atoms with Crippen LogP contribution in [0.4, 0.5) is 0 Å². The number of rotatable bonds is 6. The van der Waals surface area contributed by atoms with E-state index in [0.29, 0.717) is 18.2 Å². The molecular formula is C14H20Cl2O2S2. The van der Waals surface area contributed by atoms with Crippen LogP contribution >= 0.6 is 34.5 Å². The minimum absolute atomic E-state index is 0.0784. The summed E-state index contributed by atoms with van der Waals surface area (Å²) in [5.74, 6) is 1.41. The highest BCUT2D eigenvalue weighted by molar-refractivity contribution is 7.91. The van der Waals surface area contributed by atoms with Crippen LogP contribution in [0, 0.1) is 11.3 Å². The lowest BCUT2D eigenvalue weighted by molar-refractivity contribution is 0.246. The summed E-state index contributed by atoms with van der Waals surface area (Å²) in [5.41, 5.74) is -0.303. The number of hydrogen-bond acceptors (Lipinski definition) is 3. The van der Waals surface area contributed by atoms with Crippen LogP contribution in [0.2, 0.25) is 0 Å². The third kappa shape index (κ3) is 3.52. The summed E-state index contributed by atoms with van der Waals surface area (Å²) in [7, 11) is -2.90. The van der Waals surface area contributed by atoms with Crippen molar-refractivity contribution in [2.45, 2.75) is 26.2 Å². The Balaban J connectivity index is 2.21. The molecule has 1 aromatic heterocycles. The highest BCUT2D eigenvalue weighted by Crippen LogP contribution is 2.42. The van der Waals surface area contributed by atoms with Crippen LogP contribution < -0.4 is 0 Å². The molecule has 2 heterocycles. The SMILES string of the molecule is CCc1ccc(CC(CCl)(CCl)C2CCS(=O)(=O)C2)s1. The second-order valence-electron chi connectivity index (χ2n) is 5.63. The lowest BCUT2D eigenvalue weighted by Gasteiger charge is -2.35. The van der Waals surface area contributed by atoms with Gasteiger partial charge in [0.2, 0.25) is 0 Å². The molecule has 1 aliphatic rings. The van der Waals surface area contributed by atoms with Gasteiger partial charge in [-0.2, -0.15) is 0 Å². The molecule has 2 nitrogen and oxygen atoms in total. The van der Waals surface area contributed by atoms with Gasteiger partial charge in [-0.25, -0.2) is 8.42 Å². The van der Waals surface area contributed by atoms with Gasteiger partial charge in [-0.15, -0.1) is 34.5 Å². The first-order chi connectivity index (χ1) is 9.44. The second kappa shape index (κ2) is 6.55. The van der Waals surface area contributed by atoms with Gasteiger partial charge in [0.15, 0.2) is 9.84 Å². The fourth-order valence-electron chi connectivity index (χ4n) is 2.83. The predicted molar refractivity (Wildman–Crippen MR) is 88.0 cm³/mol. The first-order valence-corrected chi connectivity index (χ1v) is 10.6. The molecule has 0 aromatic carbocycles. The molecule has 6 heteroatoms. The van der Waals surface area contributed by atoms with Crippen molar-refractivity contribution in [1.29, 1.82) is 0 Å². The third-order valence-electron chi connectivity index (χ3n) is 4.22. The minimum atomic E-state index is -2.90. The standard InChI is InChI=1S/C14H20Cl2O2S2/c1-2-12-3-4-13(19-12)7-14(9-15,10-16)11-5-6-20(17,18)8-11/h3-4,11H,2,5-10H2,1H3. The van der Waals surface area contributed by atoms with Crippen LogP contribution in [-0.2, 0) is 22.7 Å². The number of aryl methyl sites for hydroxylation is 1. The molecular weight excluding hydrogens is 335 g/mol. The zero-order valence-corrected chi connectivity index (χ0v) is 14.7. The molecule has 0 aliphatic carbocycles. The van der Waals surface area contributed by atoms with Gasteiger partial charge >= 0.3 is 0 Å². The molecule has 114 valence electrons. The Morgan fingerprint density at radius 1 is 1.30 bits per heavy atom. The van der Waals surface area contributed by atoms with Crippen LogP contribution in [0.25, 0.3) is 0 Å². The second-order valence-corrected chi connectivity index (χ2v) is 9.64. The molecule has 1 saturated heterocycles. The maximum Gasteiger partial charge on any atom is 0.150 e. The smallest absolute Gasteiger partial charge is 0.150 e. The van der Waals surface area contributed by atoms with Crippen molar-refractivity contribution >= 4 is 44.4 Å². The Morgan fingerprint density at radius 3 is 2.40 bits per heavy atom. The zero-order chi connectivity index (χ0) is 14.8. The van der Waals surface area contributed by atoms with E-state index in [4.69, 9.17) is 23.2 Å². The van der Waals surface area contributed by atoms with Gasteiger partial charge < -0.3 is 0 Å². The Bertz CT molecular complexity index is 547. The molecule has 0 N–H and O–H groups in total. The Labute approximate surface area is 135 Å². The van der Waals surface area contributed by atoms with Gasteiger partial charge in [-0.05, 0) is 37.3 Å². The summed E-state index contributed by atoms with van der Waals surface area (Å²) >= 11 is 14.2. The van der Waals surface area contributed by atoms with E-state index in [-0.39, 0.29) is 22.8 Å². The Hall–Kier alpha value is 0.230. The van der Waals surface area contributed by atoms with Crippen LogP contribution in [-0.4, -0.2) is 31.7 Å². The summed E-state index contributed by atoms with van der Waals surface area (Å²) in [4.78, 5) is 2.60. The topological polar surface area (TPSA) is 34.1 Å². The van der Waals surface area contributed by atoms with E-state index in [1.165, 1.54) is 9.75 Å². The Morgan fingerprint density at radius 2 is 1.95 bits per heavy atom. The van der Waals surface area contributed by atoms with Crippen LogP contribution in [0.1, 0.15) is 23.1 Å². The molecule has 1 unspecified atom stereocenters. The summed E-state index contributed by atoms with van der Waals surface area (Å²) in [5, 5.41) is 0. The number of hydrogen-bond donors (Lipinski definition) is 0. The van der Waals surface area contributed by atoms with E-state index >= 15 is 0 Å². The normalized spacial score (nSPS) is 22.2. The monoisotopic (exact) mass is 354 g/mol. The molecule has 1 aliphatic heterocycles. The van der Waals surface area contributed by atoms with Crippen molar-refractivity contribution in [3.05, 3.63) is 21.9 Å². The van der Waals surface area contributed by atoms with E-state index in [2.05, 4.69) is 19.1 Å². The molecule has 0 saturated carbocycles. The van der Waals surface area contributed by atoms with Crippen LogP contribution in [0.3, 0.4) is 0 Å². The van der Waals surface area contributed by atoms with Crippen LogP contribution in [0.15, 0.2) is 12.1 Å². The van der Waals surface area contributed by atoms with Gasteiger partial charge in [0.25, 0.3) is 0 Å². The van der Waals surface area contributed by atoms with Crippen molar-refractivity contribution in [2.75, 3.05) is 23.3 Å². The first kappa shape index (κ1) is 16.6. The fraction of sp³-hybridized carbons (Fsp3) is 0.714. The van der Waals surface area contributed by atoms with Crippen molar-refractivity contribution < 1.29 is 8.42 Å². The predicted octanol–water partition coefficient (Wildman–Crippen LogP) is 3.75. The number of thiophene rings is 1. The fourth-order valence-corrected chi connectivity index (χ4v) is 6.79. The van der Waals surface area contributed by atoms with E-state index in [0.717, 1.165) is 12.8 Å². The van der Waals surface area contributed by atoms with E-state index in [1.807, 2.05) is 0 Å². The molecule has 0 radical (unpaired) electrons. The number of halogens is 2. The largest absolute Gasteiger partial charge is 0.229 e. The van der Waals surface area contributed by atoms with Crippen molar-refractivity contribution in [3.63, 3.8) is 0 Å². The van der Waals surface area contributed by atoms with Gasteiger partial charge in [-0.1, -0.05) is 6.92 Å². The van der Waals surface area contributed by atoms with E-state index < -0.39 is 9.84 Å². The number of alkyl halides is 2. The highest BCUT2D eigenvalue weighted by Gasteiger charge is 2.44. The zero-order valence-electron chi connectivity index (χ0n) is 11.6. The molecule has 0 bridgehead atoms. The summed E-state index contributed by atoms with van der Waals surface area (Å²) in [6.07, 6.45) is 2.50. The lowest BCUT2D eigenvalue weighted by Crippen LogP contribution is -2.37. The van der Waals surface area contributed by atoms with Gasteiger partial charge in [0.05, 0.1) is 11.5 Å². The first-order valence-electron chi connectivity index (χ1n) is 6.84. The molecule has 0 amide bonds. The van der Waals surface area contributed by atoms with Gasteiger partial charge in [-0.3, -0.25) is 0 Å². The van der Waals surface area contributed by atoms with Gasteiger partial charge in [0.1, 0.15) is 0 Å².